The van der Waals surface area contributed by atoms with Crippen molar-refractivity contribution < 1.29 is 9.59 Å². The molecule has 0 aromatic heterocycles. The Hall–Kier alpha value is -0.900. The van der Waals surface area contributed by atoms with Crippen LogP contribution in [-0.4, -0.2) is 35.3 Å². The zero-order valence-corrected chi connectivity index (χ0v) is 11.9. The monoisotopic (exact) mass is 264 g/mol. The van der Waals surface area contributed by atoms with Crippen molar-refractivity contribution in [3.05, 3.63) is 0 Å². The minimum Gasteiger partial charge on any atom is -0.312 e. The minimum absolute atomic E-state index is 0.0150. The number of carbonyl (C=O) groups is 2. The highest BCUT2D eigenvalue weighted by atomic mass is 16.2. The van der Waals surface area contributed by atoms with Gasteiger partial charge in [0.05, 0.1) is 17.9 Å². The van der Waals surface area contributed by atoms with Crippen LogP contribution in [0.2, 0.25) is 0 Å². The van der Waals surface area contributed by atoms with Crippen LogP contribution < -0.4 is 5.32 Å². The van der Waals surface area contributed by atoms with E-state index in [0.29, 0.717) is 5.92 Å². The molecule has 2 aliphatic heterocycles. The lowest BCUT2D eigenvalue weighted by Gasteiger charge is -2.34. The third kappa shape index (κ3) is 2.10. The van der Waals surface area contributed by atoms with Crippen molar-refractivity contribution in [2.24, 2.45) is 17.8 Å². The molecule has 3 aliphatic rings. The van der Waals surface area contributed by atoms with Gasteiger partial charge in [-0.05, 0) is 45.1 Å². The summed E-state index contributed by atoms with van der Waals surface area (Å²) in [7, 11) is 0. The molecule has 106 valence electrons. The van der Waals surface area contributed by atoms with Crippen molar-refractivity contribution in [1.82, 2.24) is 10.2 Å². The second kappa shape index (κ2) is 4.89. The molecule has 19 heavy (non-hydrogen) atoms. The van der Waals surface area contributed by atoms with Gasteiger partial charge in [0.2, 0.25) is 11.8 Å². The van der Waals surface area contributed by atoms with Crippen molar-refractivity contribution in [1.29, 1.82) is 0 Å². The van der Waals surface area contributed by atoms with Crippen molar-refractivity contribution >= 4 is 11.8 Å². The van der Waals surface area contributed by atoms with Gasteiger partial charge in [0.15, 0.2) is 0 Å². The van der Waals surface area contributed by atoms with Gasteiger partial charge in [-0.25, -0.2) is 0 Å². The van der Waals surface area contributed by atoms with Crippen LogP contribution in [0.3, 0.4) is 0 Å². The van der Waals surface area contributed by atoms with Crippen molar-refractivity contribution in [3.8, 4) is 0 Å². The first kappa shape index (κ1) is 13.1. The molecule has 4 heteroatoms. The lowest BCUT2D eigenvalue weighted by atomic mass is 9.97. The fourth-order valence-corrected chi connectivity index (χ4v) is 4.18. The number of piperidine rings is 1. The third-order valence-electron chi connectivity index (χ3n) is 5.25. The molecule has 2 saturated heterocycles. The fraction of sp³-hybridized carbons (Fsp3) is 0.867. The van der Waals surface area contributed by atoms with E-state index in [2.05, 4.69) is 12.2 Å². The Bertz CT molecular complexity index is 366. The summed E-state index contributed by atoms with van der Waals surface area (Å²) < 4.78 is 0. The van der Waals surface area contributed by atoms with Gasteiger partial charge in [-0.3, -0.25) is 14.5 Å². The second-order valence-corrected chi connectivity index (χ2v) is 6.63. The molecule has 2 heterocycles. The van der Waals surface area contributed by atoms with E-state index in [-0.39, 0.29) is 35.7 Å². The molecular weight excluding hydrogens is 240 g/mol. The molecule has 0 radical (unpaired) electrons. The number of nitrogens with one attached hydrogen (secondary N) is 1. The number of likely N-dealkylation sites (tertiary alicyclic amines) is 1. The predicted octanol–water partition coefficient (Wildman–Crippen LogP) is 1.55. The van der Waals surface area contributed by atoms with E-state index in [0.717, 1.165) is 25.8 Å². The quantitative estimate of drug-likeness (QED) is 0.770. The molecule has 0 spiro atoms. The van der Waals surface area contributed by atoms with E-state index in [9.17, 15) is 9.59 Å². The Kier molecular flexibility index (Phi) is 3.37. The lowest BCUT2D eigenvalue weighted by molar-refractivity contribution is -0.143. The van der Waals surface area contributed by atoms with Crippen LogP contribution in [0.25, 0.3) is 0 Å². The average molecular weight is 264 g/mol. The van der Waals surface area contributed by atoms with Gasteiger partial charge in [-0.2, -0.15) is 0 Å². The van der Waals surface area contributed by atoms with Gasteiger partial charge in [0.1, 0.15) is 0 Å². The van der Waals surface area contributed by atoms with Crippen LogP contribution >= 0.6 is 0 Å². The zero-order chi connectivity index (χ0) is 13.6. The molecule has 0 aromatic rings. The molecule has 1 N–H and O–H groups in total. The standard InChI is InChI=1S/C15H24N2O2/c1-9-7-11-12(8-9)15(19)17(14(11)18)10(2)13-5-3-4-6-16-13/h9-13,16H,3-8H2,1-2H3. The lowest BCUT2D eigenvalue weighted by Crippen LogP contribution is -2.52. The molecule has 4 nitrogen and oxygen atoms in total. The van der Waals surface area contributed by atoms with Crippen LogP contribution in [-0.2, 0) is 9.59 Å². The summed E-state index contributed by atoms with van der Waals surface area (Å²) in [5.74, 6) is 0.675. The topological polar surface area (TPSA) is 49.4 Å². The second-order valence-electron chi connectivity index (χ2n) is 6.63. The Morgan fingerprint density at radius 2 is 1.79 bits per heavy atom. The number of rotatable bonds is 2. The predicted molar refractivity (Wildman–Crippen MR) is 72.3 cm³/mol. The smallest absolute Gasteiger partial charge is 0.233 e. The summed E-state index contributed by atoms with van der Waals surface area (Å²) >= 11 is 0. The number of hydrogen-bond donors (Lipinski definition) is 1. The van der Waals surface area contributed by atoms with Gasteiger partial charge < -0.3 is 5.32 Å². The van der Waals surface area contributed by atoms with Gasteiger partial charge in [-0.15, -0.1) is 0 Å². The summed E-state index contributed by atoms with van der Waals surface area (Å²) in [6, 6.07) is 0.305. The normalized spacial score (nSPS) is 40.6. The highest BCUT2D eigenvalue weighted by Gasteiger charge is 2.53. The molecule has 2 amide bonds. The maximum atomic E-state index is 12.5. The molecule has 1 aliphatic carbocycles. The van der Waals surface area contributed by atoms with Crippen molar-refractivity contribution in [2.45, 2.75) is 58.0 Å². The molecule has 0 aromatic carbocycles. The summed E-state index contributed by atoms with van der Waals surface area (Å²) in [5, 5.41) is 3.47. The SMILES string of the molecule is CC1CC2C(=O)N(C(C)C3CCCCN3)C(=O)C2C1. The zero-order valence-electron chi connectivity index (χ0n) is 11.9. The van der Waals surface area contributed by atoms with Crippen molar-refractivity contribution in [2.75, 3.05) is 6.54 Å². The van der Waals surface area contributed by atoms with E-state index in [1.807, 2.05) is 6.92 Å². The van der Waals surface area contributed by atoms with E-state index in [1.54, 1.807) is 4.90 Å². The molecule has 3 fully saturated rings. The number of hydrogen-bond acceptors (Lipinski definition) is 3. The van der Waals surface area contributed by atoms with Gasteiger partial charge in [-0.1, -0.05) is 13.3 Å². The first-order chi connectivity index (χ1) is 9.09. The molecule has 4 unspecified atom stereocenters. The van der Waals surface area contributed by atoms with Crippen LogP contribution in [0.4, 0.5) is 0 Å². The maximum absolute atomic E-state index is 12.5. The molecule has 4 atom stereocenters. The molecule has 0 bridgehead atoms. The average Bonchev–Trinajstić information content (AvgIpc) is 2.90. The van der Waals surface area contributed by atoms with Crippen LogP contribution in [0.15, 0.2) is 0 Å². The Morgan fingerprint density at radius 1 is 1.16 bits per heavy atom. The number of carbonyl (C=O) groups excluding carboxylic acids is 2. The maximum Gasteiger partial charge on any atom is 0.233 e. The number of amides is 2. The Labute approximate surface area is 114 Å². The Balaban J connectivity index is 1.74. The van der Waals surface area contributed by atoms with E-state index in [1.165, 1.54) is 12.8 Å². The van der Waals surface area contributed by atoms with E-state index in [4.69, 9.17) is 0 Å². The molecular formula is C15H24N2O2. The summed E-state index contributed by atoms with van der Waals surface area (Å²) in [6.45, 7) is 5.19. The minimum atomic E-state index is -0.0199. The molecule has 3 rings (SSSR count). The molecule has 1 saturated carbocycles. The number of imide groups is 1. The first-order valence-electron chi connectivity index (χ1n) is 7.70. The van der Waals surface area contributed by atoms with Crippen LogP contribution in [0.1, 0.15) is 46.0 Å². The summed E-state index contributed by atoms with van der Waals surface area (Å²) in [4.78, 5) is 26.6. The Morgan fingerprint density at radius 3 is 2.32 bits per heavy atom. The highest BCUT2D eigenvalue weighted by Crippen LogP contribution is 2.43. The van der Waals surface area contributed by atoms with Crippen molar-refractivity contribution in [3.63, 3.8) is 0 Å². The first-order valence-corrected chi connectivity index (χ1v) is 7.70. The van der Waals surface area contributed by atoms with Gasteiger partial charge in [0, 0.05) is 6.04 Å². The van der Waals surface area contributed by atoms with E-state index < -0.39 is 0 Å². The van der Waals surface area contributed by atoms with Gasteiger partial charge in [0.25, 0.3) is 0 Å². The van der Waals surface area contributed by atoms with E-state index >= 15 is 0 Å². The van der Waals surface area contributed by atoms with Crippen LogP contribution in [0, 0.1) is 17.8 Å². The summed E-state index contributed by atoms with van der Waals surface area (Å²) in [6.07, 6.45) is 5.27. The third-order valence-corrected chi connectivity index (χ3v) is 5.25. The number of fused-ring (bicyclic) bond motifs is 1. The summed E-state index contributed by atoms with van der Waals surface area (Å²) in [5.41, 5.74) is 0. The van der Waals surface area contributed by atoms with Crippen LogP contribution in [0.5, 0.6) is 0 Å². The number of nitrogens with zero attached hydrogens (tertiary/aromatic N) is 1. The largest absolute Gasteiger partial charge is 0.312 e. The highest BCUT2D eigenvalue weighted by molar-refractivity contribution is 6.05. The van der Waals surface area contributed by atoms with Gasteiger partial charge >= 0.3 is 0 Å². The fourth-order valence-electron chi connectivity index (χ4n) is 4.18.